The van der Waals surface area contributed by atoms with Gasteiger partial charge in [0.15, 0.2) is 0 Å². The number of aryl methyl sites for hydroxylation is 2. The molecule has 0 radical (unpaired) electrons. The Morgan fingerprint density at radius 1 is 1.27 bits per heavy atom. The first-order valence-electron chi connectivity index (χ1n) is 7.34. The number of carboxylic acid groups (broad SMARTS) is 1. The van der Waals surface area contributed by atoms with Crippen molar-refractivity contribution >= 4 is 16.9 Å². The van der Waals surface area contributed by atoms with Gasteiger partial charge in [-0.2, -0.15) is 0 Å². The Morgan fingerprint density at radius 2 is 2.00 bits per heavy atom. The molecule has 0 fully saturated rings. The van der Waals surface area contributed by atoms with E-state index in [1.54, 1.807) is 6.92 Å². The van der Waals surface area contributed by atoms with Crippen molar-refractivity contribution in [2.24, 2.45) is 0 Å². The molecule has 1 aromatic carbocycles. The lowest BCUT2D eigenvalue weighted by Crippen LogP contribution is -2.24. The zero-order valence-electron chi connectivity index (χ0n) is 13.0. The minimum atomic E-state index is -1.18. The normalized spacial score (nSPS) is 10.9. The number of benzene rings is 1. The van der Waals surface area contributed by atoms with Crippen LogP contribution in [0.1, 0.15) is 36.5 Å². The van der Waals surface area contributed by atoms with E-state index in [0.717, 1.165) is 22.9 Å². The smallest absolute Gasteiger partial charge is 0.339 e. The van der Waals surface area contributed by atoms with Gasteiger partial charge < -0.3 is 19.1 Å². The molecule has 0 amide bonds. The van der Waals surface area contributed by atoms with Crippen LogP contribution in [0.5, 0.6) is 5.75 Å². The predicted octanol–water partition coefficient (Wildman–Crippen LogP) is 1.88. The lowest BCUT2D eigenvalue weighted by Gasteiger charge is -2.13. The first-order chi connectivity index (χ1) is 10.5. The monoisotopic (exact) mass is 303 g/mol. The molecule has 0 unspecified atom stereocenters. The summed E-state index contributed by atoms with van der Waals surface area (Å²) in [6, 6.07) is 3.69. The number of fused-ring (bicyclic) bond motifs is 1. The van der Waals surface area contributed by atoms with Crippen molar-refractivity contribution in [3.05, 3.63) is 39.2 Å². The zero-order chi connectivity index (χ0) is 16.3. The average molecular weight is 303 g/mol. The summed E-state index contributed by atoms with van der Waals surface area (Å²) in [4.78, 5) is 22.7. The van der Waals surface area contributed by atoms with E-state index in [1.165, 1.54) is 0 Å². The maximum Gasteiger partial charge on any atom is 0.339 e. The Hall–Kier alpha value is -2.30. The quantitative estimate of drug-likeness (QED) is 0.761. The molecule has 0 aliphatic carbocycles. The van der Waals surface area contributed by atoms with Crippen LogP contribution < -0.4 is 15.5 Å². The van der Waals surface area contributed by atoms with Crippen LogP contribution in [0.25, 0.3) is 11.0 Å². The van der Waals surface area contributed by atoms with Gasteiger partial charge in [-0.15, -0.1) is 0 Å². The molecule has 5 nitrogen and oxygen atoms in total. The number of ether oxygens (including phenoxy) is 1. The fourth-order valence-electron chi connectivity index (χ4n) is 2.46. The number of hydrogen-bond acceptors (Lipinski definition) is 5. The molecule has 2 rings (SSSR count). The SMILES string of the molecule is CCCOc1ccc2c(C)c(CCC(=O)[O-])c(=O)oc2c1C. The van der Waals surface area contributed by atoms with Crippen molar-refractivity contribution in [1.82, 2.24) is 0 Å². The largest absolute Gasteiger partial charge is 0.550 e. The molecule has 22 heavy (non-hydrogen) atoms. The van der Waals surface area contributed by atoms with Crippen LogP contribution in [0.15, 0.2) is 21.3 Å². The Kier molecular flexibility index (Phi) is 4.85. The Labute approximate surface area is 128 Å². The molecule has 1 aromatic heterocycles. The summed E-state index contributed by atoms with van der Waals surface area (Å²) >= 11 is 0. The van der Waals surface area contributed by atoms with Gasteiger partial charge in [-0.05, 0) is 50.8 Å². The van der Waals surface area contributed by atoms with E-state index in [4.69, 9.17) is 9.15 Å². The van der Waals surface area contributed by atoms with Crippen LogP contribution in [0.2, 0.25) is 0 Å². The van der Waals surface area contributed by atoms with Crippen LogP contribution in [0, 0.1) is 13.8 Å². The van der Waals surface area contributed by atoms with Crippen molar-refractivity contribution in [1.29, 1.82) is 0 Å². The Bertz CT molecular complexity index is 758. The molecular weight excluding hydrogens is 284 g/mol. The third-order valence-corrected chi connectivity index (χ3v) is 3.69. The van der Waals surface area contributed by atoms with E-state index in [9.17, 15) is 14.7 Å². The molecule has 0 spiro atoms. The van der Waals surface area contributed by atoms with Gasteiger partial charge in [-0.3, -0.25) is 0 Å². The van der Waals surface area contributed by atoms with Gasteiger partial charge in [0.1, 0.15) is 11.3 Å². The van der Waals surface area contributed by atoms with Gasteiger partial charge in [-0.25, -0.2) is 4.79 Å². The maximum absolute atomic E-state index is 12.1. The highest BCUT2D eigenvalue weighted by atomic mass is 16.5. The summed E-state index contributed by atoms with van der Waals surface area (Å²) in [5, 5.41) is 11.4. The topological polar surface area (TPSA) is 79.6 Å². The summed E-state index contributed by atoms with van der Waals surface area (Å²) in [5.74, 6) is -0.488. The summed E-state index contributed by atoms with van der Waals surface area (Å²) in [6.07, 6.45) is 0.802. The van der Waals surface area contributed by atoms with Gasteiger partial charge in [0, 0.05) is 22.5 Å². The number of carbonyl (C=O) groups excluding carboxylic acids is 1. The first kappa shape index (κ1) is 16.1. The number of aliphatic carboxylic acids is 1. The van der Waals surface area contributed by atoms with Gasteiger partial charge in [-0.1, -0.05) is 6.92 Å². The summed E-state index contributed by atoms with van der Waals surface area (Å²) in [6.45, 7) is 6.26. The highest BCUT2D eigenvalue weighted by Gasteiger charge is 2.15. The fraction of sp³-hybridized carbons (Fsp3) is 0.412. The van der Waals surface area contributed by atoms with Crippen molar-refractivity contribution < 1.29 is 19.1 Å². The fourth-order valence-corrected chi connectivity index (χ4v) is 2.46. The van der Waals surface area contributed by atoms with E-state index in [0.29, 0.717) is 23.5 Å². The van der Waals surface area contributed by atoms with E-state index < -0.39 is 11.6 Å². The second kappa shape index (κ2) is 6.64. The molecule has 0 saturated heterocycles. The zero-order valence-corrected chi connectivity index (χ0v) is 13.0. The number of carbonyl (C=O) groups is 1. The molecule has 5 heteroatoms. The van der Waals surface area contributed by atoms with Crippen LogP contribution in [0.4, 0.5) is 0 Å². The molecule has 1 heterocycles. The highest BCUT2D eigenvalue weighted by molar-refractivity contribution is 5.85. The second-order valence-electron chi connectivity index (χ2n) is 5.28. The van der Waals surface area contributed by atoms with Gasteiger partial charge in [0.2, 0.25) is 0 Å². The number of carboxylic acids is 1. The van der Waals surface area contributed by atoms with E-state index in [-0.39, 0.29) is 12.8 Å². The van der Waals surface area contributed by atoms with Gasteiger partial charge >= 0.3 is 5.63 Å². The van der Waals surface area contributed by atoms with Gasteiger partial charge in [0.25, 0.3) is 0 Å². The summed E-state index contributed by atoms with van der Waals surface area (Å²) < 4.78 is 11.0. The van der Waals surface area contributed by atoms with Crippen molar-refractivity contribution in [3.8, 4) is 5.75 Å². The van der Waals surface area contributed by atoms with Crippen LogP contribution in [0.3, 0.4) is 0 Å². The third kappa shape index (κ3) is 3.13. The van der Waals surface area contributed by atoms with Crippen molar-refractivity contribution in [2.75, 3.05) is 6.61 Å². The van der Waals surface area contributed by atoms with Crippen LogP contribution >= 0.6 is 0 Å². The van der Waals surface area contributed by atoms with E-state index >= 15 is 0 Å². The number of rotatable bonds is 6. The molecule has 0 bridgehead atoms. The van der Waals surface area contributed by atoms with Gasteiger partial charge in [0.05, 0.1) is 6.61 Å². The maximum atomic E-state index is 12.1. The molecule has 0 saturated carbocycles. The highest BCUT2D eigenvalue weighted by Crippen LogP contribution is 2.29. The lowest BCUT2D eigenvalue weighted by atomic mass is 10.0. The molecule has 118 valence electrons. The minimum Gasteiger partial charge on any atom is -0.550 e. The first-order valence-corrected chi connectivity index (χ1v) is 7.34. The van der Waals surface area contributed by atoms with E-state index in [2.05, 4.69) is 0 Å². The van der Waals surface area contributed by atoms with Crippen molar-refractivity contribution in [3.63, 3.8) is 0 Å². The molecule has 0 atom stereocenters. The van der Waals surface area contributed by atoms with Crippen LogP contribution in [-0.2, 0) is 11.2 Å². The molecule has 0 aliphatic heterocycles. The molecule has 2 aromatic rings. The molecular formula is C17H19O5-. The summed E-state index contributed by atoms with van der Waals surface area (Å²) in [7, 11) is 0. The lowest BCUT2D eigenvalue weighted by molar-refractivity contribution is -0.305. The minimum absolute atomic E-state index is 0.111. The average Bonchev–Trinajstić information content (AvgIpc) is 2.47. The standard InChI is InChI=1S/C17H20O5/c1-4-9-21-14-7-5-12-10(2)13(6-8-15(18)19)17(20)22-16(12)11(14)3/h5,7H,4,6,8-9H2,1-3H3,(H,18,19)/p-1. The molecule has 0 aliphatic rings. The number of hydrogen-bond donors (Lipinski definition) is 0. The van der Waals surface area contributed by atoms with Crippen LogP contribution in [-0.4, -0.2) is 12.6 Å². The second-order valence-corrected chi connectivity index (χ2v) is 5.28. The molecule has 0 N–H and O–H groups in total. The van der Waals surface area contributed by atoms with Crippen molar-refractivity contribution in [2.45, 2.75) is 40.0 Å². The third-order valence-electron chi connectivity index (χ3n) is 3.69. The Balaban J connectivity index is 2.53. The Morgan fingerprint density at radius 3 is 2.64 bits per heavy atom. The van der Waals surface area contributed by atoms with E-state index in [1.807, 2.05) is 26.0 Å². The summed E-state index contributed by atoms with van der Waals surface area (Å²) in [5.41, 5.74) is 1.91. The predicted molar refractivity (Wildman–Crippen MR) is 81.1 cm³/mol.